The highest BCUT2D eigenvalue weighted by molar-refractivity contribution is 5.81. The summed E-state index contributed by atoms with van der Waals surface area (Å²) in [6.45, 7) is 8.45. The SMILES string of the molecule is CCN(CC)C(=O)C(C)NC(CC)(CO)CO. The lowest BCUT2D eigenvalue weighted by Crippen LogP contribution is -2.58. The number of hydrogen-bond acceptors (Lipinski definition) is 4. The van der Waals surface area contributed by atoms with Crippen LogP contribution in [0.25, 0.3) is 0 Å². The van der Waals surface area contributed by atoms with Crippen LogP contribution in [0.1, 0.15) is 34.1 Å². The van der Waals surface area contributed by atoms with Crippen molar-refractivity contribution >= 4 is 5.91 Å². The number of hydrogen-bond donors (Lipinski definition) is 3. The van der Waals surface area contributed by atoms with Gasteiger partial charge in [-0.1, -0.05) is 6.92 Å². The van der Waals surface area contributed by atoms with Gasteiger partial charge in [0.2, 0.25) is 5.91 Å². The second kappa shape index (κ2) is 7.63. The summed E-state index contributed by atoms with van der Waals surface area (Å²) in [6, 6.07) is -0.408. The first-order valence-corrected chi connectivity index (χ1v) is 6.28. The Balaban J connectivity index is 4.60. The Morgan fingerprint density at radius 3 is 2.00 bits per heavy atom. The van der Waals surface area contributed by atoms with Gasteiger partial charge in [-0.2, -0.15) is 0 Å². The topological polar surface area (TPSA) is 72.8 Å². The molecule has 0 fully saturated rings. The average Bonchev–Trinajstić information content (AvgIpc) is 2.37. The van der Waals surface area contributed by atoms with Crippen molar-refractivity contribution in [3.05, 3.63) is 0 Å². The summed E-state index contributed by atoms with van der Waals surface area (Å²) < 4.78 is 0. The van der Waals surface area contributed by atoms with Crippen molar-refractivity contribution in [1.29, 1.82) is 0 Å². The molecular formula is C12H26N2O3. The van der Waals surface area contributed by atoms with Gasteiger partial charge in [0, 0.05) is 13.1 Å². The number of carbonyl (C=O) groups is 1. The molecule has 1 unspecified atom stereocenters. The fraction of sp³-hybridized carbons (Fsp3) is 0.917. The smallest absolute Gasteiger partial charge is 0.239 e. The van der Waals surface area contributed by atoms with Gasteiger partial charge < -0.3 is 15.1 Å². The van der Waals surface area contributed by atoms with E-state index in [-0.39, 0.29) is 19.1 Å². The maximum Gasteiger partial charge on any atom is 0.239 e. The molecule has 0 heterocycles. The van der Waals surface area contributed by atoms with Crippen LogP contribution in [0, 0.1) is 0 Å². The monoisotopic (exact) mass is 246 g/mol. The molecule has 0 aliphatic heterocycles. The van der Waals surface area contributed by atoms with Crippen molar-refractivity contribution in [2.75, 3.05) is 26.3 Å². The van der Waals surface area contributed by atoms with Crippen molar-refractivity contribution in [1.82, 2.24) is 10.2 Å². The molecule has 17 heavy (non-hydrogen) atoms. The fourth-order valence-electron chi connectivity index (χ4n) is 1.80. The van der Waals surface area contributed by atoms with Crippen LogP contribution in [0.3, 0.4) is 0 Å². The molecule has 5 nitrogen and oxygen atoms in total. The van der Waals surface area contributed by atoms with Crippen molar-refractivity contribution < 1.29 is 15.0 Å². The lowest BCUT2D eigenvalue weighted by molar-refractivity contribution is -0.133. The molecule has 0 rings (SSSR count). The number of nitrogens with one attached hydrogen (secondary N) is 1. The number of likely N-dealkylation sites (N-methyl/N-ethyl adjacent to an activating group) is 1. The van der Waals surface area contributed by atoms with E-state index >= 15 is 0 Å². The third-order valence-electron chi connectivity index (χ3n) is 3.25. The summed E-state index contributed by atoms with van der Waals surface area (Å²) in [6.07, 6.45) is 0.565. The van der Waals surface area contributed by atoms with Crippen molar-refractivity contribution in [2.24, 2.45) is 0 Å². The van der Waals surface area contributed by atoms with Crippen molar-refractivity contribution in [3.63, 3.8) is 0 Å². The summed E-state index contributed by atoms with van der Waals surface area (Å²) in [5, 5.41) is 21.7. The molecular weight excluding hydrogens is 220 g/mol. The molecule has 0 aliphatic carbocycles. The molecule has 5 heteroatoms. The van der Waals surface area contributed by atoms with Gasteiger partial charge in [-0.25, -0.2) is 0 Å². The van der Waals surface area contributed by atoms with E-state index in [1.165, 1.54) is 0 Å². The summed E-state index contributed by atoms with van der Waals surface area (Å²) in [5.41, 5.74) is -0.776. The van der Waals surface area contributed by atoms with E-state index in [0.717, 1.165) is 0 Å². The van der Waals surface area contributed by atoms with Crippen LogP contribution in [-0.2, 0) is 4.79 Å². The predicted octanol–water partition coefficient (Wildman–Crippen LogP) is -0.0337. The van der Waals surface area contributed by atoms with E-state index in [2.05, 4.69) is 5.32 Å². The zero-order chi connectivity index (χ0) is 13.5. The fourth-order valence-corrected chi connectivity index (χ4v) is 1.80. The minimum atomic E-state index is -0.776. The minimum absolute atomic E-state index is 0.00488. The molecule has 0 spiro atoms. The number of amides is 1. The second-order valence-corrected chi connectivity index (χ2v) is 4.33. The summed E-state index contributed by atoms with van der Waals surface area (Å²) >= 11 is 0. The van der Waals surface area contributed by atoms with E-state index in [1.54, 1.807) is 11.8 Å². The molecule has 0 saturated carbocycles. The van der Waals surface area contributed by atoms with Gasteiger partial charge in [0.05, 0.1) is 24.8 Å². The third kappa shape index (κ3) is 4.26. The zero-order valence-electron chi connectivity index (χ0n) is 11.4. The van der Waals surface area contributed by atoms with Crippen LogP contribution >= 0.6 is 0 Å². The maximum absolute atomic E-state index is 12.0. The van der Waals surface area contributed by atoms with Crippen LogP contribution in [0.4, 0.5) is 0 Å². The van der Waals surface area contributed by atoms with Gasteiger partial charge in [-0.3, -0.25) is 10.1 Å². The molecule has 1 amide bonds. The molecule has 0 aromatic rings. The lowest BCUT2D eigenvalue weighted by atomic mass is 9.97. The van der Waals surface area contributed by atoms with Gasteiger partial charge in [0.25, 0.3) is 0 Å². The highest BCUT2D eigenvalue weighted by Crippen LogP contribution is 2.10. The summed E-state index contributed by atoms with van der Waals surface area (Å²) in [5.74, 6) is -0.00488. The molecule has 1 atom stereocenters. The second-order valence-electron chi connectivity index (χ2n) is 4.33. The standard InChI is InChI=1S/C12H26N2O3/c1-5-12(8-15,9-16)13-10(4)11(17)14(6-2)7-3/h10,13,15-16H,5-9H2,1-4H3. The van der Waals surface area contributed by atoms with Crippen LogP contribution in [0.2, 0.25) is 0 Å². The van der Waals surface area contributed by atoms with Gasteiger partial charge in [-0.15, -0.1) is 0 Å². The molecule has 3 N–H and O–H groups in total. The maximum atomic E-state index is 12.0. The zero-order valence-corrected chi connectivity index (χ0v) is 11.4. The van der Waals surface area contributed by atoms with Crippen molar-refractivity contribution in [2.45, 2.75) is 45.7 Å². The molecule has 0 aliphatic rings. The lowest BCUT2D eigenvalue weighted by Gasteiger charge is -2.34. The Morgan fingerprint density at radius 2 is 1.71 bits per heavy atom. The average molecular weight is 246 g/mol. The first-order chi connectivity index (χ1) is 8.00. The largest absolute Gasteiger partial charge is 0.394 e. The van der Waals surface area contributed by atoms with Crippen LogP contribution in [0.5, 0.6) is 0 Å². The number of aliphatic hydroxyl groups excluding tert-OH is 2. The molecule has 0 radical (unpaired) electrons. The Labute approximate surface area is 104 Å². The number of carbonyl (C=O) groups excluding carboxylic acids is 1. The van der Waals surface area contributed by atoms with Gasteiger partial charge in [-0.05, 0) is 27.2 Å². The van der Waals surface area contributed by atoms with E-state index < -0.39 is 11.6 Å². The van der Waals surface area contributed by atoms with E-state index in [9.17, 15) is 15.0 Å². The van der Waals surface area contributed by atoms with Gasteiger partial charge in [0.15, 0.2) is 0 Å². The highest BCUT2D eigenvalue weighted by atomic mass is 16.3. The highest BCUT2D eigenvalue weighted by Gasteiger charge is 2.31. The Hall–Kier alpha value is -0.650. The normalized spacial score (nSPS) is 13.5. The minimum Gasteiger partial charge on any atom is -0.394 e. The van der Waals surface area contributed by atoms with Crippen LogP contribution in [-0.4, -0.2) is 58.9 Å². The molecule has 0 aromatic carbocycles. The Morgan fingerprint density at radius 1 is 1.24 bits per heavy atom. The molecule has 0 bridgehead atoms. The van der Waals surface area contributed by atoms with E-state index in [1.807, 2.05) is 20.8 Å². The summed E-state index contributed by atoms with van der Waals surface area (Å²) in [4.78, 5) is 13.8. The van der Waals surface area contributed by atoms with Crippen LogP contribution in [0.15, 0.2) is 0 Å². The number of aliphatic hydroxyl groups is 2. The summed E-state index contributed by atoms with van der Waals surface area (Å²) in [7, 11) is 0. The van der Waals surface area contributed by atoms with Crippen LogP contribution < -0.4 is 5.32 Å². The molecule has 0 saturated heterocycles. The molecule has 0 aromatic heterocycles. The molecule has 102 valence electrons. The quantitative estimate of drug-likeness (QED) is 0.562. The van der Waals surface area contributed by atoms with Gasteiger partial charge >= 0.3 is 0 Å². The predicted molar refractivity (Wildman–Crippen MR) is 67.7 cm³/mol. The van der Waals surface area contributed by atoms with E-state index in [4.69, 9.17) is 0 Å². The third-order valence-corrected chi connectivity index (χ3v) is 3.25. The van der Waals surface area contributed by atoms with Crippen molar-refractivity contribution in [3.8, 4) is 0 Å². The number of rotatable bonds is 8. The van der Waals surface area contributed by atoms with E-state index in [0.29, 0.717) is 19.5 Å². The number of nitrogens with zero attached hydrogens (tertiary/aromatic N) is 1. The first-order valence-electron chi connectivity index (χ1n) is 6.28. The Bertz CT molecular complexity index is 218. The van der Waals surface area contributed by atoms with Gasteiger partial charge in [0.1, 0.15) is 0 Å². The first kappa shape index (κ1) is 16.4. The Kier molecular flexibility index (Phi) is 7.34.